The van der Waals surface area contributed by atoms with Crippen LogP contribution in [0, 0.1) is 28.5 Å². The lowest BCUT2D eigenvalue weighted by atomic mass is 9.95. The number of aromatic nitrogens is 1. The molecule has 6 nitrogen and oxygen atoms in total. The third-order valence-corrected chi connectivity index (χ3v) is 7.26. The zero-order valence-electron chi connectivity index (χ0n) is 24.9. The highest BCUT2D eigenvalue weighted by Gasteiger charge is 2.44. The van der Waals surface area contributed by atoms with Crippen molar-refractivity contribution in [2.75, 3.05) is 0 Å². The zero-order chi connectivity index (χ0) is 33.5. The normalized spacial score (nSPS) is 13.6. The molecular weight excluding hydrogens is 601 g/mol. The Labute approximate surface area is 263 Å². The Bertz CT molecular complexity index is 1720. The lowest BCUT2D eigenvalue weighted by Crippen LogP contribution is -2.53. The quantitative estimate of drug-likeness (QED) is 0.168. The van der Waals surface area contributed by atoms with E-state index in [1.165, 1.54) is 36.4 Å². The van der Waals surface area contributed by atoms with E-state index in [1.54, 1.807) is 24.5 Å². The second-order valence-corrected chi connectivity index (χ2v) is 11.4. The first-order valence-electron chi connectivity index (χ1n) is 14.3. The summed E-state index contributed by atoms with van der Waals surface area (Å²) in [5, 5.41) is 23.1. The maximum Gasteiger partial charge on any atom is 0.407 e. The van der Waals surface area contributed by atoms with Crippen molar-refractivity contribution in [1.29, 1.82) is 10.5 Å². The molecule has 1 aromatic heterocycles. The molecule has 0 aliphatic rings. The zero-order valence-corrected chi connectivity index (χ0v) is 24.9. The van der Waals surface area contributed by atoms with E-state index in [4.69, 9.17) is 5.26 Å². The molecule has 11 heteroatoms. The fourth-order valence-electron chi connectivity index (χ4n) is 4.96. The molecule has 0 aliphatic carbocycles. The number of carbonyl (C=O) groups is 1. The van der Waals surface area contributed by atoms with E-state index in [0.717, 1.165) is 36.6 Å². The topological polar surface area (TPSA) is 102 Å². The summed E-state index contributed by atoms with van der Waals surface area (Å²) in [5.74, 6) is -1.83. The Balaban J connectivity index is 1.54. The first-order valence-corrected chi connectivity index (χ1v) is 14.3. The standard InChI is InChI=1S/C35H30F5N5O/c1-34(2,37)19-31(33(46)44-29(21-42)18-28-4-3-22(20-41)17-30(28)36)45-32(35(38,39)40)27-11-9-24(10-12-27)23-5-7-25(8-6-23)26-13-15-43-16-14-26/h3-17,29,31-32,45H,18-19H2,1-2H3,(H,44,46)/t29-,31-,32-/m0/s1. The highest BCUT2D eigenvalue weighted by molar-refractivity contribution is 5.82. The van der Waals surface area contributed by atoms with Gasteiger partial charge in [-0.3, -0.25) is 15.1 Å². The van der Waals surface area contributed by atoms with Gasteiger partial charge in [-0.05, 0) is 71.5 Å². The molecule has 0 spiro atoms. The summed E-state index contributed by atoms with van der Waals surface area (Å²) in [6.07, 6.45) is -2.48. The molecule has 0 bridgehead atoms. The van der Waals surface area contributed by atoms with Crippen LogP contribution in [0.1, 0.15) is 43.0 Å². The molecule has 0 radical (unpaired) electrons. The lowest BCUT2D eigenvalue weighted by molar-refractivity contribution is -0.161. The van der Waals surface area contributed by atoms with Crippen molar-refractivity contribution in [1.82, 2.24) is 15.6 Å². The van der Waals surface area contributed by atoms with Gasteiger partial charge in [-0.1, -0.05) is 54.6 Å². The summed E-state index contributed by atoms with van der Waals surface area (Å²) in [5.41, 5.74) is 1.17. The molecule has 3 atom stereocenters. The second kappa shape index (κ2) is 14.3. The summed E-state index contributed by atoms with van der Waals surface area (Å²) in [4.78, 5) is 17.2. The van der Waals surface area contributed by atoms with E-state index in [0.29, 0.717) is 5.56 Å². The minimum Gasteiger partial charge on any atom is -0.339 e. The molecule has 236 valence electrons. The third kappa shape index (κ3) is 8.96. The second-order valence-electron chi connectivity index (χ2n) is 11.4. The van der Waals surface area contributed by atoms with Crippen LogP contribution in [0.25, 0.3) is 22.3 Å². The van der Waals surface area contributed by atoms with Crippen molar-refractivity contribution in [2.24, 2.45) is 0 Å². The van der Waals surface area contributed by atoms with Gasteiger partial charge in [-0.2, -0.15) is 23.7 Å². The maximum atomic E-state index is 14.8. The SMILES string of the molecule is CC(C)(F)C[C@H](N[C@@H](c1ccc(-c2ccc(-c3ccncc3)cc2)cc1)C(F)(F)F)C(=O)N[C@H](C#N)Cc1ccc(C#N)cc1F. The number of hydrogen-bond donors (Lipinski definition) is 2. The van der Waals surface area contributed by atoms with E-state index in [-0.39, 0.29) is 23.1 Å². The minimum absolute atomic E-state index is 0.0152. The van der Waals surface area contributed by atoms with Crippen LogP contribution in [0.15, 0.2) is 91.3 Å². The van der Waals surface area contributed by atoms with Gasteiger partial charge in [0.2, 0.25) is 5.91 Å². The number of nitrogens with zero attached hydrogens (tertiary/aromatic N) is 3. The number of alkyl halides is 4. The van der Waals surface area contributed by atoms with Crippen molar-refractivity contribution >= 4 is 5.91 Å². The van der Waals surface area contributed by atoms with Gasteiger partial charge in [0, 0.05) is 25.2 Å². The van der Waals surface area contributed by atoms with Crippen LogP contribution in [0.4, 0.5) is 22.0 Å². The van der Waals surface area contributed by atoms with Gasteiger partial charge in [-0.25, -0.2) is 8.78 Å². The largest absolute Gasteiger partial charge is 0.407 e. The van der Waals surface area contributed by atoms with Crippen molar-refractivity contribution in [3.05, 3.63) is 114 Å². The molecular formula is C35H30F5N5O. The Morgan fingerprint density at radius 1 is 0.848 bits per heavy atom. The molecule has 0 fully saturated rings. The Kier molecular flexibility index (Phi) is 10.5. The molecule has 0 saturated carbocycles. The fraction of sp³-hybridized carbons (Fsp3) is 0.257. The van der Waals surface area contributed by atoms with E-state index in [2.05, 4.69) is 15.6 Å². The van der Waals surface area contributed by atoms with Crippen LogP contribution in [-0.2, 0) is 11.2 Å². The number of halogens is 5. The average molecular weight is 632 g/mol. The number of benzene rings is 3. The van der Waals surface area contributed by atoms with Gasteiger partial charge >= 0.3 is 6.18 Å². The van der Waals surface area contributed by atoms with Crippen molar-refractivity contribution in [3.8, 4) is 34.4 Å². The highest BCUT2D eigenvalue weighted by Crippen LogP contribution is 2.35. The van der Waals surface area contributed by atoms with Gasteiger partial charge in [0.15, 0.2) is 0 Å². The molecule has 3 aromatic carbocycles. The van der Waals surface area contributed by atoms with Crippen LogP contribution in [-0.4, -0.2) is 34.8 Å². The molecule has 0 unspecified atom stereocenters. The van der Waals surface area contributed by atoms with Gasteiger partial charge in [-0.15, -0.1) is 0 Å². The summed E-state index contributed by atoms with van der Waals surface area (Å²) in [6, 6.07) is 18.6. The monoisotopic (exact) mass is 631 g/mol. The number of rotatable bonds is 11. The molecule has 0 saturated heterocycles. The maximum absolute atomic E-state index is 14.8. The van der Waals surface area contributed by atoms with Crippen LogP contribution in [0.2, 0.25) is 0 Å². The van der Waals surface area contributed by atoms with Gasteiger partial charge in [0.1, 0.15) is 23.6 Å². The third-order valence-electron chi connectivity index (χ3n) is 7.26. The fourth-order valence-corrected chi connectivity index (χ4v) is 4.96. The molecule has 4 rings (SSSR count). The van der Waals surface area contributed by atoms with E-state index in [9.17, 15) is 32.0 Å². The Morgan fingerprint density at radius 2 is 1.39 bits per heavy atom. The first-order chi connectivity index (χ1) is 21.8. The van der Waals surface area contributed by atoms with Gasteiger partial charge < -0.3 is 5.32 Å². The molecule has 2 N–H and O–H groups in total. The highest BCUT2D eigenvalue weighted by atomic mass is 19.4. The average Bonchev–Trinajstić information content (AvgIpc) is 3.03. The predicted octanol–water partition coefficient (Wildman–Crippen LogP) is 7.38. The summed E-state index contributed by atoms with van der Waals surface area (Å²) >= 11 is 0. The van der Waals surface area contributed by atoms with Gasteiger partial charge in [0.05, 0.1) is 23.7 Å². The van der Waals surface area contributed by atoms with Crippen LogP contribution in [0.5, 0.6) is 0 Å². The van der Waals surface area contributed by atoms with Crippen LogP contribution < -0.4 is 10.6 Å². The summed E-state index contributed by atoms with van der Waals surface area (Å²) in [6.45, 7) is 2.25. The number of pyridine rings is 1. The first kappa shape index (κ1) is 33.8. The van der Waals surface area contributed by atoms with E-state index < -0.39 is 48.1 Å². The van der Waals surface area contributed by atoms with Crippen molar-refractivity contribution in [3.63, 3.8) is 0 Å². The van der Waals surface area contributed by atoms with E-state index >= 15 is 0 Å². The number of amides is 1. The number of carbonyl (C=O) groups excluding carboxylic acids is 1. The lowest BCUT2D eigenvalue weighted by Gasteiger charge is -2.30. The van der Waals surface area contributed by atoms with Crippen molar-refractivity contribution in [2.45, 2.75) is 56.7 Å². The smallest absolute Gasteiger partial charge is 0.339 e. The molecule has 0 aliphatic heterocycles. The molecule has 1 amide bonds. The summed E-state index contributed by atoms with van der Waals surface area (Å²) in [7, 11) is 0. The molecule has 4 aromatic rings. The Morgan fingerprint density at radius 3 is 1.87 bits per heavy atom. The minimum atomic E-state index is -4.87. The van der Waals surface area contributed by atoms with E-state index in [1.807, 2.05) is 36.4 Å². The van der Waals surface area contributed by atoms with Crippen LogP contribution >= 0.6 is 0 Å². The number of nitrogens with one attached hydrogen (secondary N) is 2. The number of nitriles is 2. The van der Waals surface area contributed by atoms with Crippen LogP contribution in [0.3, 0.4) is 0 Å². The van der Waals surface area contributed by atoms with Gasteiger partial charge in [0.25, 0.3) is 0 Å². The molecule has 1 heterocycles. The predicted molar refractivity (Wildman–Crippen MR) is 163 cm³/mol. The number of hydrogen-bond acceptors (Lipinski definition) is 5. The Hall–Kier alpha value is -5.13. The molecule has 46 heavy (non-hydrogen) atoms. The van der Waals surface area contributed by atoms with Crippen molar-refractivity contribution < 1.29 is 26.7 Å². The summed E-state index contributed by atoms with van der Waals surface area (Å²) < 4.78 is 72.4.